The molecule has 3 N–H and O–H groups in total. The molecule has 0 radical (unpaired) electrons. The van der Waals surface area contributed by atoms with E-state index in [2.05, 4.69) is 10.3 Å². The second kappa shape index (κ2) is 6.07. The molecule has 2 aliphatic rings. The number of hydrogen-bond donors (Lipinski definition) is 2. The van der Waals surface area contributed by atoms with Crippen LogP contribution in [0.3, 0.4) is 0 Å². The van der Waals surface area contributed by atoms with Gasteiger partial charge in [-0.1, -0.05) is 6.07 Å². The summed E-state index contributed by atoms with van der Waals surface area (Å²) in [5.41, 5.74) is 7.56. The highest BCUT2D eigenvalue weighted by atomic mass is 16.5. The molecule has 5 nitrogen and oxygen atoms in total. The first-order chi connectivity index (χ1) is 10.7. The first kappa shape index (κ1) is 15.0. The second-order valence-corrected chi connectivity index (χ2v) is 6.38. The Morgan fingerprint density at radius 1 is 1.27 bits per heavy atom. The molecule has 2 aliphatic carbocycles. The van der Waals surface area contributed by atoms with E-state index in [1.165, 1.54) is 25.7 Å². The van der Waals surface area contributed by atoms with Gasteiger partial charge in [-0.05, 0) is 54.7 Å². The van der Waals surface area contributed by atoms with Crippen LogP contribution in [-0.2, 0) is 6.54 Å². The van der Waals surface area contributed by atoms with Gasteiger partial charge >= 0.3 is 0 Å². The van der Waals surface area contributed by atoms with Gasteiger partial charge in [0.05, 0.1) is 20.8 Å². The number of hydrogen-bond acceptors (Lipinski definition) is 3. The molecular formula is C17H25N3O2. The molecule has 0 atom stereocenters. The van der Waals surface area contributed by atoms with Crippen molar-refractivity contribution in [1.29, 1.82) is 0 Å². The number of nitrogens with two attached hydrogens (primary N) is 1. The Bertz CT molecular complexity index is 563. The van der Waals surface area contributed by atoms with E-state index in [9.17, 15) is 0 Å². The largest absolute Gasteiger partial charge is 0.493 e. The average molecular weight is 303 g/mol. The van der Waals surface area contributed by atoms with E-state index in [1.54, 1.807) is 14.2 Å². The smallest absolute Gasteiger partial charge is 0.188 e. The lowest BCUT2D eigenvalue weighted by Gasteiger charge is -2.15. The molecule has 0 aromatic heterocycles. The van der Waals surface area contributed by atoms with Gasteiger partial charge in [-0.2, -0.15) is 0 Å². The van der Waals surface area contributed by atoms with Crippen LogP contribution < -0.4 is 20.5 Å². The quantitative estimate of drug-likeness (QED) is 0.599. The van der Waals surface area contributed by atoms with E-state index < -0.39 is 0 Å². The monoisotopic (exact) mass is 303 g/mol. The molecule has 1 aromatic rings. The van der Waals surface area contributed by atoms with Crippen molar-refractivity contribution < 1.29 is 9.47 Å². The molecule has 0 unspecified atom stereocenters. The zero-order chi connectivity index (χ0) is 15.6. The maximum atomic E-state index is 5.99. The second-order valence-electron chi connectivity index (χ2n) is 6.38. The number of guanidine groups is 1. The van der Waals surface area contributed by atoms with Crippen molar-refractivity contribution in [3.63, 3.8) is 0 Å². The van der Waals surface area contributed by atoms with Crippen molar-refractivity contribution in [2.75, 3.05) is 20.8 Å². The standard InChI is InChI=1S/C17H25N3O2/c1-21-14-6-3-12(9-15(14)22-2)10-19-16(18)20-11-17(7-8-17)13-4-5-13/h3,6,9,13H,4-5,7-8,10-11H2,1-2H3,(H3,18,19,20). The fourth-order valence-corrected chi connectivity index (χ4v) is 3.06. The zero-order valence-electron chi connectivity index (χ0n) is 13.4. The van der Waals surface area contributed by atoms with Crippen LogP contribution >= 0.6 is 0 Å². The minimum Gasteiger partial charge on any atom is -0.493 e. The Kier molecular flexibility index (Phi) is 4.14. The molecule has 0 amide bonds. The van der Waals surface area contributed by atoms with Crippen molar-refractivity contribution in [1.82, 2.24) is 5.32 Å². The van der Waals surface area contributed by atoms with E-state index in [-0.39, 0.29) is 0 Å². The third-order valence-corrected chi connectivity index (χ3v) is 4.84. The average Bonchev–Trinajstić information content (AvgIpc) is 3.42. The van der Waals surface area contributed by atoms with Crippen LogP contribution in [0.4, 0.5) is 0 Å². The Balaban J connectivity index is 1.54. The number of benzene rings is 1. The minimum atomic E-state index is 0.529. The molecule has 120 valence electrons. The molecule has 5 heteroatoms. The van der Waals surface area contributed by atoms with E-state index >= 15 is 0 Å². The molecule has 2 saturated carbocycles. The van der Waals surface area contributed by atoms with Gasteiger partial charge < -0.3 is 20.5 Å². The fraction of sp³-hybridized carbons (Fsp3) is 0.588. The summed E-state index contributed by atoms with van der Waals surface area (Å²) in [6.07, 6.45) is 5.47. The zero-order valence-corrected chi connectivity index (χ0v) is 13.4. The van der Waals surface area contributed by atoms with Gasteiger partial charge in [0.2, 0.25) is 0 Å². The Hall–Kier alpha value is -1.91. The summed E-state index contributed by atoms with van der Waals surface area (Å²) in [7, 11) is 3.26. The molecule has 22 heavy (non-hydrogen) atoms. The molecule has 0 heterocycles. The summed E-state index contributed by atoms with van der Waals surface area (Å²) in [6, 6.07) is 5.80. The van der Waals surface area contributed by atoms with Crippen LogP contribution in [0.15, 0.2) is 23.2 Å². The summed E-state index contributed by atoms with van der Waals surface area (Å²) in [6.45, 7) is 1.51. The molecule has 0 spiro atoms. The number of ether oxygens (including phenoxy) is 2. The van der Waals surface area contributed by atoms with Crippen LogP contribution in [0.2, 0.25) is 0 Å². The maximum absolute atomic E-state index is 5.99. The lowest BCUT2D eigenvalue weighted by molar-refractivity contribution is 0.354. The van der Waals surface area contributed by atoms with Gasteiger partial charge in [0.25, 0.3) is 0 Å². The first-order valence-electron chi connectivity index (χ1n) is 7.91. The Labute approximate surface area is 131 Å². The van der Waals surface area contributed by atoms with Gasteiger partial charge in [-0.15, -0.1) is 0 Å². The molecule has 0 saturated heterocycles. The van der Waals surface area contributed by atoms with Crippen LogP contribution in [0.1, 0.15) is 31.2 Å². The van der Waals surface area contributed by atoms with Crippen molar-refractivity contribution >= 4 is 5.96 Å². The Morgan fingerprint density at radius 3 is 2.59 bits per heavy atom. The van der Waals surface area contributed by atoms with E-state index in [1.807, 2.05) is 18.2 Å². The van der Waals surface area contributed by atoms with Crippen molar-refractivity contribution in [2.24, 2.45) is 22.1 Å². The fourth-order valence-electron chi connectivity index (χ4n) is 3.06. The molecule has 0 bridgehead atoms. The SMILES string of the molecule is COc1ccc(CN=C(N)NCC2(C3CC3)CC2)cc1OC. The van der Waals surface area contributed by atoms with Crippen LogP contribution in [0.5, 0.6) is 11.5 Å². The normalized spacial score (nSPS) is 19.6. The van der Waals surface area contributed by atoms with Gasteiger partial charge in [-0.25, -0.2) is 4.99 Å². The summed E-state index contributed by atoms with van der Waals surface area (Å²) < 4.78 is 10.5. The lowest BCUT2D eigenvalue weighted by atomic mass is 10.0. The molecule has 3 rings (SSSR count). The number of aliphatic imine (C=N–C) groups is 1. The third-order valence-electron chi connectivity index (χ3n) is 4.84. The van der Waals surface area contributed by atoms with Crippen LogP contribution in [-0.4, -0.2) is 26.7 Å². The van der Waals surface area contributed by atoms with Crippen LogP contribution in [0.25, 0.3) is 0 Å². The van der Waals surface area contributed by atoms with Gasteiger partial charge in [0, 0.05) is 6.54 Å². The third kappa shape index (κ3) is 3.29. The number of nitrogens with one attached hydrogen (secondary N) is 1. The number of methoxy groups -OCH3 is 2. The van der Waals surface area contributed by atoms with Crippen molar-refractivity contribution in [3.8, 4) is 11.5 Å². The predicted octanol–water partition coefficient (Wildman–Crippen LogP) is 2.30. The van der Waals surface area contributed by atoms with Crippen molar-refractivity contribution in [2.45, 2.75) is 32.2 Å². The summed E-state index contributed by atoms with van der Waals surface area (Å²) >= 11 is 0. The minimum absolute atomic E-state index is 0.529. The highest BCUT2D eigenvalue weighted by Crippen LogP contribution is 2.60. The topological polar surface area (TPSA) is 68.9 Å². The molecule has 1 aromatic carbocycles. The summed E-state index contributed by atoms with van der Waals surface area (Å²) in [5, 5.41) is 3.30. The highest BCUT2D eigenvalue weighted by molar-refractivity contribution is 5.77. The maximum Gasteiger partial charge on any atom is 0.188 e. The van der Waals surface area contributed by atoms with Gasteiger partial charge in [0.1, 0.15) is 0 Å². The molecule has 0 aliphatic heterocycles. The summed E-state index contributed by atoms with van der Waals surface area (Å²) in [5.74, 6) is 2.90. The van der Waals surface area contributed by atoms with Gasteiger partial charge in [0.15, 0.2) is 17.5 Å². The Morgan fingerprint density at radius 2 is 2.00 bits per heavy atom. The number of nitrogens with zero attached hydrogens (tertiary/aromatic N) is 1. The van der Waals surface area contributed by atoms with Gasteiger partial charge in [-0.3, -0.25) is 0 Å². The highest BCUT2D eigenvalue weighted by Gasteiger charge is 2.53. The van der Waals surface area contributed by atoms with E-state index in [0.29, 0.717) is 23.7 Å². The lowest BCUT2D eigenvalue weighted by Crippen LogP contribution is -2.36. The predicted molar refractivity (Wildman–Crippen MR) is 87.3 cm³/mol. The molecule has 2 fully saturated rings. The van der Waals surface area contributed by atoms with E-state index in [4.69, 9.17) is 15.2 Å². The van der Waals surface area contributed by atoms with E-state index in [0.717, 1.165) is 23.8 Å². The van der Waals surface area contributed by atoms with Crippen molar-refractivity contribution in [3.05, 3.63) is 23.8 Å². The van der Waals surface area contributed by atoms with Crippen LogP contribution in [0, 0.1) is 11.3 Å². The number of rotatable bonds is 7. The summed E-state index contributed by atoms with van der Waals surface area (Å²) in [4.78, 5) is 4.42. The molecular weight excluding hydrogens is 278 g/mol. The first-order valence-corrected chi connectivity index (χ1v) is 7.91.